The van der Waals surface area contributed by atoms with E-state index in [0.29, 0.717) is 12.6 Å². The number of nitrogens with two attached hydrogens (primary N) is 1. The summed E-state index contributed by atoms with van der Waals surface area (Å²) in [7, 11) is 3.73. The molecule has 0 saturated carbocycles. The van der Waals surface area contributed by atoms with Crippen LogP contribution in [-0.2, 0) is 4.74 Å². The number of ether oxygens (including phenoxy) is 1. The lowest BCUT2D eigenvalue weighted by molar-refractivity contribution is 0.183. The lowest BCUT2D eigenvalue weighted by atomic mass is 10.3. The van der Waals surface area contributed by atoms with E-state index in [9.17, 15) is 0 Å². The highest BCUT2D eigenvalue weighted by Gasteiger charge is 2.14. The van der Waals surface area contributed by atoms with Gasteiger partial charge in [-0.1, -0.05) is 0 Å². The van der Waals surface area contributed by atoms with Crippen molar-refractivity contribution in [2.75, 3.05) is 25.7 Å². The van der Waals surface area contributed by atoms with Crippen LogP contribution in [0.15, 0.2) is 5.38 Å². The molecule has 2 N–H and O–H groups in total. The number of methoxy groups -OCH3 is 1. The highest BCUT2D eigenvalue weighted by atomic mass is 32.1. The molecular formula is C10H19N3OS. The summed E-state index contributed by atoms with van der Waals surface area (Å²) in [4.78, 5) is 6.59. The molecule has 0 saturated heterocycles. The van der Waals surface area contributed by atoms with E-state index in [2.05, 4.69) is 16.8 Å². The molecule has 4 nitrogen and oxygen atoms in total. The first-order valence-corrected chi connectivity index (χ1v) is 5.87. The van der Waals surface area contributed by atoms with E-state index < -0.39 is 0 Å². The summed E-state index contributed by atoms with van der Waals surface area (Å²) in [5, 5.41) is 3.00. The van der Waals surface area contributed by atoms with Crippen molar-refractivity contribution in [3.63, 3.8) is 0 Å². The highest BCUT2D eigenvalue weighted by molar-refractivity contribution is 7.13. The van der Waals surface area contributed by atoms with Gasteiger partial charge in [0.05, 0.1) is 18.3 Å². The fourth-order valence-corrected chi connectivity index (χ4v) is 2.19. The maximum absolute atomic E-state index is 5.76. The third-order valence-electron chi connectivity index (χ3n) is 2.35. The largest absolute Gasteiger partial charge is 0.383 e. The average Bonchev–Trinajstić information content (AvgIpc) is 2.65. The maximum atomic E-state index is 5.76. The number of hydrogen-bond acceptors (Lipinski definition) is 5. The lowest BCUT2D eigenvalue weighted by Crippen LogP contribution is -2.32. The van der Waals surface area contributed by atoms with Gasteiger partial charge in [-0.3, -0.25) is 0 Å². The molecule has 2 atom stereocenters. The topological polar surface area (TPSA) is 51.4 Å². The number of thiazole rings is 1. The highest BCUT2D eigenvalue weighted by Crippen LogP contribution is 2.23. The Balaban J connectivity index is 2.69. The van der Waals surface area contributed by atoms with E-state index in [1.165, 1.54) is 0 Å². The second-order valence-electron chi connectivity index (χ2n) is 3.76. The van der Waals surface area contributed by atoms with Gasteiger partial charge in [-0.2, -0.15) is 0 Å². The normalized spacial score (nSPS) is 15.0. The minimum atomic E-state index is 0.00105. The molecule has 86 valence electrons. The number of likely N-dealkylation sites (N-methyl/N-ethyl adjacent to an activating group) is 1. The Bertz CT molecular complexity index is 301. The summed E-state index contributed by atoms with van der Waals surface area (Å²) in [5.74, 6) is 0. The van der Waals surface area contributed by atoms with E-state index in [1.54, 1.807) is 18.4 Å². The van der Waals surface area contributed by atoms with E-state index >= 15 is 0 Å². The molecule has 0 radical (unpaired) electrons. The predicted octanol–water partition coefficient (Wildman–Crippen LogP) is 1.63. The zero-order valence-electron chi connectivity index (χ0n) is 9.73. The summed E-state index contributed by atoms with van der Waals surface area (Å²) in [6, 6.07) is 0.322. The van der Waals surface area contributed by atoms with Gasteiger partial charge in [0.15, 0.2) is 5.13 Å². The van der Waals surface area contributed by atoms with Crippen LogP contribution in [0.1, 0.15) is 25.6 Å². The van der Waals surface area contributed by atoms with Crippen LogP contribution in [-0.4, -0.2) is 31.8 Å². The van der Waals surface area contributed by atoms with Crippen LogP contribution in [0.2, 0.25) is 0 Å². The molecule has 0 fully saturated rings. The molecule has 0 bridgehead atoms. The van der Waals surface area contributed by atoms with Crippen LogP contribution in [0.5, 0.6) is 0 Å². The molecule has 1 aromatic rings. The SMILES string of the molecule is COCC(C)N(C)c1nc(C(C)N)cs1. The second kappa shape index (κ2) is 5.44. The van der Waals surface area contributed by atoms with Gasteiger partial charge in [0.25, 0.3) is 0 Å². The van der Waals surface area contributed by atoms with Gasteiger partial charge in [-0.05, 0) is 13.8 Å². The molecular weight excluding hydrogens is 210 g/mol. The summed E-state index contributed by atoms with van der Waals surface area (Å²) < 4.78 is 5.11. The van der Waals surface area contributed by atoms with Crippen molar-refractivity contribution in [3.05, 3.63) is 11.1 Å². The Hall–Kier alpha value is -0.650. The zero-order chi connectivity index (χ0) is 11.4. The molecule has 1 aromatic heterocycles. The smallest absolute Gasteiger partial charge is 0.185 e. The predicted molar refractivity (Wildman–Crippen MR) is 64.5 cm³/mol. The van der Waals surface area contributed by atoms with E-state index in [-0.39, 0.29) is 6.04 Å². The number of anilines is 1. The van der Waals surface area contributed by atoms with Gasteiger partial charge in [0, 0.05) is 25.6 Å². The quantitative estimate of drug-likeness (QED) is 0.834. The van der Waals surface area contributed by atoms with Gasteiger partial charge < -0.3 is 15.4 Å². The van der Waals surface area contributed by atoms with Crippen molar-refractivity contribution >= 4 is 16.5 Å². The number of rotatable bonds is 5. The first-order chi connectivity index (χ1) is 7.06. The molecule has 0 aliphatic carbocycles. The Labute approximate surface area is 95.1 Å². The number of hydrogen-bond donors (Lipinski definition) is 1. The van der Waals surface area contributed by atoms with Crippen molar-refractivity contribution in [2.24, 2.45) is 5.73 Å². The summed E-state index contributed by atoms with van der Waals surface area (Å²) in [5.41, 5.74) is 6.71. The Morgan fingerprint density at radius 3 is 2.73 bits per heavy atom. The van der Waals surface area contributed by atoms with Crippen LogP contribution < -0.4 is 10.6 Å². The van der Waals surface area contributed by atoms with Crippen molar-refractivity contribution in [1.29, 1.82) is 0 Å². The van der Waals surface area contributed by atoms with Crippen LogP contribution in [0, 0.1) is 0 Å². The fraction of sp³-hybridized carbons (Fsp3) is 0.700. The van der Waals surface area contributed by atoms with Crippen molar-refractivity contribution in [2.45, 2.75) is 25.9 Å². The summed E-state index contributed by atoms with van der Waals surface area (Å²) >= 11 is 1.62. The van der Waals surface area contributed by atoms with Gasteiger partial charge in [0.1, 0.15) is 0 Å². The van der Waals surface area contributed by atoms with Crippen molar-refractivity contribution in [3.8, 4) is 0 Å². The molecule has 2 unspecified atom stereocenters. The first kappa shape index (κ1) is 12.4. The Morgan fingerprint density at radius 2 is 2.27 bits per heavy atom. The number of nitrogens with zero attached hydrogens (tertiary/aromatic N) is 2. The van der Waals surface area contributed by atoms with Crippen molar-refractivity contribution < 1.29 is 4.74 Å². The van der Waals surface area contributed by atoms with E-state index in [4.69, 9.17) is 10.5 Å². The van der Waals surface area contributed by atoms with Crippen molar-refractivity contribution in [1.82, 2.24) is 4.98 Å². The lowest BCUT2D eigenvalue weighted by Gasteiger charge is -2.23. The fourth-order valence-electron chi connectivity index (χ4n) is 1.19. The second-order valence-corrected chi connectivity index (χ2v) is 4.60. The Morgan fingerprint density at radius 1 is 1.60 bits per heavy atom. The van der Waals surface area contributed by atoms with Crippen LogP contribution in [0.25, 0.3) is 0 Å². The molecule has 1 rings (SSSR count). The molecule has 0 aromatic carbocycles. The van der Waals surface area contributed by atoms with E-state index in [1.807, 2.05) is 19.4 Å². The maximum Gasteiger partial charge on any atom is 0.185 e. The molecule has 0 aliphatic rings. The van der Waals surface area contributed by atoms with Gasteiger partial charge in [-0.25, -0.2) is 4.98 Å². The minimum absolute atomic E-state index is 0.00105. The third-order valence-corrected chi connectivity index (χ3v) is 3.30. The average molecular weight is 229 g/mol. The third kappa shape index (κ3) is 3.15. The minimum Gasteiger partial charge on any atom is -0.383 e. The van der Waals surface area contributed by atoms with Crippen LogP contribution in [0.3, 0.4) is 0 Å². The van der Waals surface area contributed by atoms with Crippen LogP contribution >= 0.6 is 11.3 Å². The molecule has 0 amide bonds. The van der Waals surface area contributed by atoms with Crippen LogP contribution in [0.4, 0.5) is 5.13 Å². The van der Waals surface area contributed by atoms with Gasteiger partial charge in [0.2, 0.25) is 0 Å². The summed E-state index contributed by atoms with van der Waals surface area (Å²) in [6.45, 7) is 4.75. The number of aromatic nitrogens is 1. The molecule has 15 heavy (non-hydrogen) atoms. The molecule has 0 spiro atoms. The monoisotopic (exact) mass is 229 g/mol. The van der Waals surface area contributed by atoms with Gasteiger partial charge >= 0.3 is 0 Å². The van der Waals surface area contributed by atoms with Gasteiger partial charge in [-0.15, -0.1) is 11.3 Å². The first-order valence-electron chi connectivity index (χ1n) is 4.99. The molecule has 0 aliphatic heterocycles. The standard InChI is InChI=1S/C10H19N3OS/c1-7(5-14-4)13(3)10-12-9(6-15-10)8(2)11/h6-8H,5,11H2,1-4H3. The summed E-state index contributed by atoms with van der Waals surface area (Å²) in [6.07, 6.45) is 0. The van der Waals surface area contributed by atoms with E-state index in [0.717, 1.165) is 10.8 Å². The molecule has 1 heterocycles. The molecule has 5 heteroatoms. The Kier molecular flexibility index (Phi) is 4.50. The zero-order valence-corrected chi connectivity index (χ0v) is 10.5.